The molecule has 1 N–H and O–H groups in total. The Morgan fingerprint density at radius 3 is 2.67 bits per heavy atom. The molecule has 1 aromatic rings. The van der Waals surface area contributed by atoms with Gasteiger partial charge in [-0.2, -0.15) is 4.39 Å². The van der Waals surface area contributed by atoms with Crippen LogP contribution in [0.1, 0.15) is 5.56 Å². The summed E-state index contributed by atoms with van der Waals surface area (Å²) in [5.41, 5.74) is -0.00669. The van der Waals surface area contributed by atoms with Crippen LogP contribution in [0.25, 0.3) is 0 Å². The highest BCUT2D eigenvalue weighted by Gasteiger charge is 2.13. The van der Waals surface area contributed by atoms with Crippen molar-refractivity contribution >= 4 is 11.6 Å². The van der Waals surface area contributed by atoms with E-state index in [4.69, 9.17) is 0 Å². The standard InChI is InChI=1S/C11H14FN3O3/c1-14(2)11(16)7-13-6-8-3-4-10(15(17)18)9(12)5-8/h3-5,13H,6-7H2,1-2H3. The molecular formula is C11H14FN3O3. The molecule has 0 saturated carbocycles. The van der Waals surface area contributed by atoms with Crippen LogP contribution in [0.15, 0.2) is 18.2 Å². The maximum absolute atomic E-state index is 13.3. The summed E-state index contributed by atoms with van der Waals surface area (Å²) in [5.74, 6) is -0.976. The largest absolute Gasteiger partial charge is 0.348 e. The Hall–Kier alpha value is -2.02. The zero-order valence-electron chi connectivity index (χ0n) is 10.1. The van der Waals surface area contributed by atoms with Crippen molar-refractivity contribution in [3.05, 3.63) is 39.7 Å². The molecule has 18 heavy (non-hydrogen) atoms. The highest BCUT2D eigenvalue weighted by atomic mass is 19.1. The lowest BCUT2D eigenvalue weighted by Crippen LogP contribution is -2.32. The minimum Gasteiger partial charge on any atom is -0.348 e. The number of nitro groups is 1. The van der Waals surface area contributed by atoms with Gasteiger partial charge in [-0.1, -0.05) is 6.07 Å². The first-order chi connectivity index (χ1) is 8.41. The molecule has 0 fully saturated rings. The Kier molecular flexibility index (Phi) is 4.73. The molecule has 0 aliphatic heterocycles. The lowest BCUT2D eigenvalue weighted by atomic mass is 10.2. The molecule has 0 saturated heterocycles. The van der Waals surface area contributed by atoms with Crippen molar-refractivity contribution in [2.45, 2.75) is 6.54 Å². The fourth-order valence-corrected chi connectivity index (χ4v) is 1.28. The number of nitro benzene ring substituents is 1. The molecule has 0 aliphatic rings. The number of hydrogen-bond donors (Lipinski definition) is 1. The molecule has 0 unspecified atom stereocenters. The van der Waals surface area contributed by atoms with Crippen LogP contribution in [0.5, 0.6) is 0 Å². The van der Waals surface area contributed by atoms with E-state index in [1.807, 2.05) is 0 Å². The van der Waals surface area contributed by atoms with E-state index in [0.29, 0.717) is 5.56 Å². The topological polar surface area (TPSA) is 75.5 Å². The predicted octanol–water partition coefficient (Wildman–Crippen LogP) is 0.912. The zero-order valence-corrected chi connectivity index (χ0v) is 10.1. The van der Waals surface area contributed by atoms with E-state index in [1.54, 1.807) is 14.1 Å². The molecule has 1 aromatic carbocycles. The number of hydrogen-bond acceptors (Lipinski definition) is 4. The molecule has 0 aliphatic carbocycles. The second kappa shape index (κ2) is 6.06. The summed E-state index contributed by atoms with van der Waals surface area (Å²) in [4.78, 5) is 22.3. The maximum Gasteiger partial charge on any atom is 0.304 e. The summed E-state index contributed by atoms with van der Waals surface area (Å²) >= 11 is 0. The number of nitrogens with one attached hydrogen (secondary N) is 1. The Labute approximate surface area is 104 Å². The number of benzene rings is 1. The van der Waals surface area contributed by atoms with Gasteiger partial charge in [0.1, 0.15) is 0 Å². The van der Waals surface area contributed by atoms with Crippen LogP contribution in [-0.4, -0.2) is 36.4 Å². The second-order valence-electron chi connectivity index (χ2n) is 3.93. The van der Waals surface area contributed by atoms with E-state index < -0.39 is 16.4 Å². The molecule has 0 atom stereocenters. The van der Waals surface area contributed by atoms with Gasteiger partial charge in [0.2, 0.25) is 11.7 Å². The lowest BCUT2D eigenvalue weighted by Gasteiger charge is -2.10. The lowest BCUT2D eigenvalue weighted by molar-refractivity contribution is -0.387. The quantitative estimate of drug-likeness (QED) is 0.627. The smallest absolute Gasteiger partial charge is 0.304 e. The summed E-state index contributed by atoms with van der Waals surface area (Å²) in [6.45, 7) is 0.403. The van der Waals surface area contributed by atoms with Crippen LogP contribution in [-0.2, 0) is 11.3 Å². The SMILES string of the molecule is CN(C)C(=O)CNCc1ccc([N+](=O)[O-])c(F)c1. The van der Waals surface area contributed by atoms with Crippen LogP contribution < -0.4 is 5.32 Å². The van der Waals surface area contributed by atoms with Gasteiger partial charge in [0.25, 0.3) is 0 Å². The average molecular weight is 255 g/mol. The van der Waals surface area contributed by atoms with Gasteiger partial charge in [0, 0.05) is 26.7 Å². The number of amides is 1. The summed E-state index contributed by atoms with van der Waals surface area (Å²) < 4.78 is 13.3. The highest BCUT2D eigenvalue weighted by molar-refractivity contribution is 5.77. The molecule has 0 spiro atoms. The Bertz CT molecular complexity index is 463. The van der Waals surface area contributed by atoms with E-state index in [0.717, 1.165) is 12.1 Å². The number of carbonyl (C=O) groups excluding carboxylic acids is 1. The molecule has 1 rings (SSSR count). The Morgan fingerprint density at radius 1 is 1.50 bits per heavy atom. The van der Waals surface area contributed by atoms with Crippen molar-refractivity contribution in [2.75, 3.05) is 20.6 Å². The van der Waals surface area contributed by atoms with E-state index in [2.05, 4.69) is 5.32 Å². The van der Waals surface area contributed by atoms with Gasteiger partial charge in [0.05, 0.1) is 11.5 Å². The number of carbonyl (C=O) groups is 1. The fraction of sp³-hybridized carbons (Fsp3) is 0.364. The minimum absolute atomic E-state index is 0.0996. The van der Waals surface area contributed by atoms with Gasteiger partial charge in [-0.3, -0.25) is 14.9 Å². The summed E-state index contributed by atoms with van der Waals surface area (Å²) in [6.07, 6.45) is 0. The first-order valence-electron chi connectivity index (χ1n) is 5.25. The second-order valence-corrected chi connectivity index (χ2v) is 3.93. The average Bonchev–Trinajstić information content (AvgIpc) is 2.28. The minimum atomic E-state index is -0.877. The van der Waals surface area contributed by atoms with Crippen LogP contribution >= 0.6 is 0 Å². The third-order valence-electron chi connectivity index (χ3n) is 2.31. The molecule has 6 nitrogen and oxygen atoms in total. The first kappa shape index (κ1) is 14.0. The third-order valence-corrected chi connectivity index (χ3v) is 2.31. The van der Waals surface area contributed by atoms with Crippen LogP contribution in [0.2, 0.25) is 0 Å². The summed E-state index contributed by atoms with van der Waals surface area (Å²) in [7, 11) is 3.27. The van der Waals surface area contributed by atoms with Gasteiger partial charge in [0.15, 0.2) is 0 Å². The fourth-order valence-electron chi connectivity index (χ4n) is 1.28. The van der Waals surface area contributed by atoms with E-state index in [1.165, 1.54) is 11.0 Å². The van der Waals surface area contributed by atoms with Crippen LogP contribution in [0.4, 0.5) is 10.1 Å². The number of likely N-dealkylation sites (N-methyl/N-ethyl adjacent to an activating group) is 1. The van der Waals surface area contributed by atoms with Gasteiger partial charge in [-0.15, -0.1) is 0 Å². The molecule has 98 valence electrons. The predicted molar refractivity (Wildman–Crippen MR) is 63.5 cm³/mol. The van der Waals surface area contributed by atoms with Crippen molar-refractivity contribution in [3.8, 4) is 0 Å². The maximum atomic E-state index is 13.3. The van der Waals surface area contributed by atoms with Gasteiger partial charge in [-0.25, -0.2) is 0 Å². The zero-order chi connectivity index (χ0) is 13.7. The molecule has 0 heterocycles. The molecule has 1 amide bonds. The number of halogens is 1. The van der Waals surface area contributed by atoms with Crippen molar-refractivity contribution < 1.29 is 14.1 Å². The van der Waals surface area contributed by atoms with E-state index in [-0.39, 0.29) is 19.0 Å². The Balaban J connectivity index is 2.57. The summed E-state index contributed by atoms with van der Waals surface area (Å²) in [6, 6.07) is 3.65. The molecular weight excluding hydrogens is 241 g/mol. The van der Waals surface area contributed by atoms with Crippen molar-refractivity contribution in [1.29, 1.82) is 0 Å². The highest BCUT2D eigenvalue weighted by Crippen LogP contribution is 2.17. The van der Waals surface area contributed by atoms with Crippen molar-refractivity contribution in [3.63, 3.8) is 0 Å². The monoisotopic (exact) mass is 255 g/mol. The van der Waals surface area contributed by atoms with Crippen molar-refractivity contribution in [2.24, 2.45) is 0 Å². The molecule has 0 bridgehead atoms. The van der Waals surface area contributed by atoms with Gasteiger partial charge < -0.3 is 10.2 Å². The van der Waals surface area contributed by atoms with Crippen LogP contribution in [0, 0.1) is 15.9 Å². The van der Waals surface area contributed by atoms with Gasteiger partial charge >= 0.3 is 5.69 Å². The Morgan fingerprint density at radius 2 is 2.17 bits per heavy atom. The normalized spacial score (nSPS) is 10.2. The van der Waals surface area contributed by atoms with Crippen LogP contribution in [0.3, 0.4) is 0 Å². The summed E-state index contributed by atoms with van der Waals surface area (Å²) in [5, 5.41) is 13.2. The molecule has 7 heteroatoms. The first-order valence-corrected chi connectivity index (χ1v) is 5.25. The van der Waals surface area contributed by atoms with Gasteiger partial charge in [-0.05, 0) is 11.6 Å². The molecule has 0 radical (unpaired) electrons. The number of nitrogens with zero attached hydrogens (tertiary/aromatic N) is 2. The number of rotatable bonds is 5. The van der Waals surface area contributed by atoms with E-state index in [9.17, 15) is 19.3 Å². The third kappa shape index (κ3) is 3.77. The molecule has 0 aromatic heterocycles. The van der Waals surface area contributed by atoms with E-state index >= 15 is 0 Å². The van der Waals surface area contributed by atoms with Crippen molar-refractivity contribution in [1.82, 2.24) is 10.2 Å².